The summed E-state index contributed by atoms with van der Waals surface area (Å²) in [6.45, 7) is 4.37. The molecule has 15 heavy (non-hydrogen) atoms. The Balaban J connectivity index is 2.42. The first-order chi connectivity index (χ1) is 7.22. The van der Waals surface area contributed by atoms with Crippen LogP contribution in [-0.2, 0) is 11.4 Å². The van der Waals surface area contributed by atoms with E-state index in [-0.39, 0.29) is 5.92 Å². The summed E-state index contributed by atoms with van der Waals surface area (Å²) >= 11 is 0. The Labute approximate surface area is 90.0 Å². The second kappa shape index (κ2) is 5.82. The third-order valence-corrected chi connectivity index (χ3v) is 1.69. The summed E-state index contributed by atoms with van der Waals surface area (Å²) in [6.07, 6.45) is 2.79. The van der Waals surface area contributed by atoms with Gasteiger partial charge in [0.1, 0.15) is 12.8 Å². The van der Waals surface area contributed by atoms with Gasteiger partial charge in [-0.05, 0) is 17.7 Å². The van der Waals surface area contributed by atoms with E-state index in [0.717, 1.165) is 5.56 Å². The lowest BCUT2D eigenvalue weighted by molar-refractivity contribution is 0.131. The maximum Gasteiger partial charge on any atom is 0.142 e. The fourth-order valence-electron chi connectivity index (χ4n) is 0.925. The van der Waals surface area contributed by atoms with E-state index in [4.69, 9.17) is 10.1 Å². The van der Waals surface area contributed by atoms with E-state index in [9.17, 15) is 0 Å². The third kappa shape index (κ3) is 4.28. The smallest absolute Gasteiger partial charge is 0.142 e. The molecule has 1 aromatic carbocycles. The van der Waals surface area contributed by atoms with Crippen LogP contribution in [0.15, 0.2) is 29.4 Å². The van der Waals surface area contributed by atoms with Crippen LogP contribution in [0.2, 0.25) is 0 Å². The van der Waals surface area contributed by atoms with Crippen molar-refractivity contribution in [3.05, 3.63) is 35.4 Å². The highest BCUT2D eigenvalue weighted by Crippen LogP contribution is 2.04. The summed E-state index contributed by atoms with van der Waals surface area (Å²) in [5.41, 5.74) is 1.64. The van der Waals surface area contributed by atoms with Crippen LogP contribution in [0.1, 0.15) is 25.0 Å². The predicted molar refractivity (Wildman–Crippen MR) is 58.2 cm³/mol. The lowest BCUT2D eigenvalue weighted by atomic mass is 10.2. The van der Waals surface area contributed by atoms with Crippen molar-refractivity contribution >= 4 is 6.21 Å². The van der Waals surface area contributed by atoms with Gasteiger partial charge in [-0.3, -0.25) is 0 Å². The van der Waals surface area contributed by atoms with Crippen molar-refractivity contribution in [3.63, 3.8) is 0 Å². The molecular weight excluding hydrogens is 188 g/mol. The minimum atomic E-state index is 0.269. The normalized spacial score (nSPS) is 10.5. The fraction of sp³-hybridized carbons (Fsp3) is 0.333. The number of benzene rings is 1. The molecule has 0 unspecified atom stereocenters. The molecule has 1 aromatic rings. The molecule has 77 valence electrons. The molecule has 0 aliphatic rings. The Morgan fingerprint density at radius 1 is 1.33 bits per heavy atom. The van der Waals surface area contributed by atoms with Crippen LogP contribution in [0.4, 0.5) is 0 Å². The van der Waals surface area contributed by atoms with Crippen molar-refractivity contribution in [1.82, 2.24) is 0 Å². The first-order valence-electron chi connectivity index (χ1n) is 4.79. The summed E-state index contributed by atoms with van der Waals surface area (Å²) in [7, 11) is 0. The summed E-state index contributed by atoms with van der Waals surface area (Å²) in [4.78, 5) is 5.04. The molecule has 0 aliphatic carbocycles. The zero-order chi connectivity index (χ0) is 11.1. The maximum absolute atomic E-state index is 8.59. The van der Waals surface area contributed by atoms with Crippen LogP contribution in [0.25, 0.3) is 0 Å². The van der Waals surface area contributed by atoms with E-state index in [1.54, 1.807) is 12.1 Å². The molecule has 0 aliphatic heterocycles. The molecule has 0 aromatic heterocycles. The number of hydrogen-bond donors (Lipinski definition) is 0. The molecule has 0 spiro atoms. The molecule has 0 N–H and O–H groups in total. The van der Waals surface area contributed by atoms with Crippen molar-refractivity contribution in [1.29, 1.82) is 5.26 Å². The van der Waals surface area contributed by atoms with Gasteiger partial charge >= 0.3 is 0 Å². The molecule has 1 radical (unpaired) electrons. The van der Waals surface area contributed by atoms with Gasteiger partial charge < -0.3 is 4.84 Å². The van der Waals surface area contributed by atoms with Crippen LogP contribution in [0, 0.1) is 17.2 Å². The van der Waals surface area contributed by atoms with Crippen molar-refractivity contribution in [2.45, 2.75) is 20.5 Å². The molecule has 0 saturated carbocycles. The molecule has 0 saturated heterocycles. The Bertz CT molecular complexity index is 360. The summed E-state index contributed by atoms with van der Waals surface area (Å²) in [5, 5.41) is 12.3. The van der Waals surface area contributed by atoms with Gasteiger partial charge in [0.05, 0.1) is 11.6 Å². The zero-order valence-electron chi connectivity index (χ0n) is 8.90. The lowest BCUT2D eigenvalue weighted by Crippen LogP contribution is -1.91. The van der Waals surface area contributed by atoms with E-state index in [0.29, 0.717) is 12.2 Å². The summed E-state index contributed by atoms with van der Waals surface area (Å²) < 4.78 is 0. The molecule has 0 heterocycles. The minimum absolute atomic E-state index is 0.269. The Morgan fingerprint density at radius 3 is 2.53 bits per heavy atom. The van der Waals surface area contributed by atoms with Gasteiger partial charge in [-0.25, -0.2) is 0 Å². The number of rotatable bonds is 4. The second-order valence-electron chi connectivity index (χ2n) is 3.46. The van der Waals surface area contributed by atoms with Gasteiger partial charge in [0.15, 0.2) is 0 Å². The summed E-state index contributed by atoms with van der Waals surface area (Å²) in [6, 6.07) is 9.28. The van der Waals surface area contributed by atoms with Crippen molar-refractivity contribution < 1.29 is 4.84 Å². The topological polar surface area (TPSA) is 45.4 Å². The van der Waals surface area contributed by atoms with E-state index in [1.165, 1.54) is 0 Å². The molecule has 1 rings (SSSR count). The molecule has 0 fully saturated rings. The highest BCUT2D eigenvalue weighted by atomic mass is 16.6. The molecule has 0 bridgehead atoms. The average Bonchev–Trinajstić information content (AvgIpc) is 2.25. The zero-order valence-corrected chi connectivity index (χ0v) is 8.90. The second-order valence-corrected chi connectivity index (χ2v) is 3.46. The minimum Gasteiger partial charge on any atom is -0.391 e. The molecular formula is C12H13N2O. The largest absolute Gasteiger partial charge is 0.391 e. The Kier molecular flexibility index (Phi) is 4.36. The average molecular weight is 201 g/mol. The van der Waals surface area contributed by atoms with Crippen LogP contribution in [0.3, 0.4) is 0 Å². The van der Waals surface area contributed by atoms with Gasteiger partial charge in [-0.1, -0.05) is 31.1 Å². The molecule has 0 atom stereocenters. The van der Waals surface area contributed by atoms with E-state index in [2.05, 4.69) is 17.4 Å². The van der Waals surface area contributed by atoms with E-state index < -0.39 is 0 Å². The summed E-state index contributed by atoms with van der Waals surface area (Å²) in [5.74, 6) is 0.269. The molecule has 3 nitrogen and oxygen atoms in total. The van der Waals surface area contributed by atoms with Crippen LogP contribution in [-0.4, -0.2) is 6.21 Å². The van der Waals surface area contributed by atoms with E-state index in [1.807, 2.05) is 26.0 Å². The van der Waals surface area contributed by atoms with Gasteiger partial charge in [0.25, 0.3) is 0 Å². The van der Waals surface area contributed by atoms with Crippen LogP contribution in [0.5, 0.6) is 0 Å². The fourth-order valence-corrected chi connectivity index (χ4v) is 0.925. The predicted octanol–water partition coefficient (Wildman–Crippen LogP) is 2.59. The van der Waals surface area contributed by atoms with Crippen molar-refractivity contribution in [3.8, 4) is 6.07 Å². The standard InChI is InChI=1S/C12H13N2O/c1-10(2)8-14-15-9-12-5-3-11(7-13)4-6-12/h3-6,10H,9H2,1-2H3. The molecule has 0 amide bonds. The number of nitriles is 1. The highest BCUT2D eigenvalue weighted by Gasteiger charge is 1.94. The quantitative estimate of drug-likeness (QED) is 0.555. The SMILES string of the molecule is CC(C)/[C]=N\OCc1ccc(C#N)cc1. The van der Waals surface area contributed by atoms with Gasteiger partial charge in [-0.15, -0.1) is 0 Å². The first kappa shape index (κ1) is 11.3. The monoisotopic (exact) mass is 201 g/mol. The van der Waals surface area contributed by atoms with Crippen LogP contribution >= 0.6 is 0 Å². The molecule has 3 heteroatoms. The maximum atomic E-state index is 8.59. The van der Waals surface area contributed by atoms with Gasteiger partial charge in [0, 0.05) is 5.92 Å². The first-order valence-corrected chi connectivity index (χ1v) is 4.79. The number of nitrogens with zero attached hydrogens (tertiary/aromatic N) is 2. The van der Waals surface area contributed by atoms with Crippen molar-refractivity contribution in [2.24, 2.45) is 11.1 Å². The lowest BCUT2D eigenvalue weighted by Gasteiger charge is -1.99. The Hall–Kier alpha value is -1.82. The van der Waals surface area contributed by atoms with E-state index >= 15 is 0 Å². The van der Waals surface area contributed by atoms with Gasteiger partial charge in [0.2, 0.25) is 0 Å². The Morgan fingerprint density at radius 2 is 2.00 bits per heavy atom. The third-order valence-electron chi connectivity index (χ3n) is 1.69. The van der Waals surface area contributed by atoms with Crippen molar-refractivity contribution in [2.75, 3.05) is 0 Å². The highest BCUT2D eigenvalue weighted by molar-refractivity contribution is 5.58. The number of hydrogen-bond acceptors (Lipinski definition) is 3. The van der Waals surface area contributed by atoms with Crippen LogP contribution < -0.4 is 0 Å². The van der Waals surface area contributed by atoms with Gasteiger partial charge in [-0.2, -0.15) is 5.26 Å².